The van der Waals surface area contributed by atoms with Gasteiger partial charge < -0.3 is 15.4 Å². The molecule has 9 heteroatoms. The van der Waals surface area contributed by atoms with Gasteiger partial charge in [-0.2, -0.15) is 0 Å². The first-order valence-corrected chi connectivity index (χ1v) is 9.41. The Bertz CT molecular complexity index is 848. The van der Waals surface area contributed by atoms with Gasteiger partial charge in [0.25, 0.3) is 5.91 Å². The van der Waals surface area contributed by atoms with Gasteiger partial charge in [0.05, 0.1) is 5.02 Å². The molecule has 0 radical (unpaired) electrons. The second-order valence-corrected chi connectivity index (χ2v) is 6.80. The molecular weight excluding hydrogens is 403 g/mol. The number of hydrogen-bond donors (Lipinski definition) is 2. The van der Waals surface area contributed by atoms with Crippen LogP contribution in [-0.2, 0) is 11.3 Å². The van der Waals surface area contributed by atoms with Crippen LogP contribution in [0, 0.1) is 0 Å². The maximum absolute atomic E-state index is 12.5. The number of anilines is 1. The largest absolute Gasteiger partial charge is 0.463 e. The molecule has 0 saturated carbocycles. The van der Waals surface area contributed by atoms with Gasteiger partial charge in [0.15, 0.2) is 6.10 Å². The average molecular weight is 425 g/mol. The Morgan fingerprint density at radius 3 is 2.68 bits per heavy atom. The molecule has 3 amide bonds. The number of urea groups is 1. The van der Waals surface area contributed by atoms with E-state index in [0.29, 0.717) is 17.1 Å². The summed E-state index contributed by atoms with van der Waals surface area (Å²) in [6, 6.07) is 8.60. The standard InChI is InChI=1S/C19H22Cl2N4O3/c1-4-16(28-18-15(21)9-13(20)11-24-18)17(26)23-10-12-6-5-7-14(8-12)25(3)19(27)22-2/h5-9,11,16H,4,10H2,1-3H3,(H,22,27)(H,23,26). The number of amides is 3. The van der Waals surface area contributed by atoms with Crippen LogP contribution in [0.4, 0.5) is 10.5 Å². The fourth-order valence-corrected chi connectivity index (χ4v) is 2.83. The van der Waals surface area contributed by atoms with Crippen molar-refractivity contribution in [2.24, 2.45) is 0 Å². The van der Waals surface area contributed by atoms with Crippen molar-refractivity contribution in [1.82, 2.24) is 15.6 Å². The number of ether oxygens (including phenoxy) is 1. The molecule has 1 unspecified atom stereocenters. The number of hydrogen-bond acceptors (Lipinski definition) is 4. The molecule has 1 aromatic carbocycles. The highest BCUT2D eigenvalue weighted by atomic mass is 35.5. The molecule has 1 atom stereocenters. The maximum Gasteiger partial charge on any atom is 0.321 e. The fraction of sp³-hybridized carbons (Fsp3) is 0.316. The lowest BCUT2D eigenvalue weighted by Gasteiger charge is -2.19. The number of rotatable bonds is 7. The molecule has 0 saturated heterocycles. The van der Waals surface area contributed by atoms with Crippen LogP contribution < -0.4 is 20.3 Å². The molecule has 0 aliphatic heterocycles. The highest BCUT2D eigenvalue weighted by molar-refractivity contribution is 6.35. The molecule has 0 aliphatic carbocycles. The molecule has 28 heavy (non-hydrogen) atoms. The van der Waals surface area contributed by atoms with Crippen molar-refractivity contribution in [3.05, 3.63) is 52.1 Å². The van der Waals surface area contributed by atoms with Crippen molar-refractivity contribution in [2.75, 3.05) is 19.0 Å². The molecule has 0 spiro atoms. The van der Waals surface area contributed by atoms with Crippen molar-refractivity contribution in [3.63, 3.8) is 0 Å². The van der Waals surface area contributed by atoms with Gasteiger partial charge in [-0.05, 0) is 30.2 Å². The predicted octanol–water partition coefficient (Wildman–Crippen LogP) is 3.64. The summed E-state index contributed by atoms with van der Waals surface area (Å²) in [4.78, 5) is 29.7. The minimum atomic E-state index is -0.747. The van der Waals surface area contributed by atoms with E-state index >= 15 is 0 Å². The number of nitrogens with zero attached hydrogens (tertiary/aromatic N) is 2. The summed E-state index contributed by atoms with van der Waals surface area (Å²) >= 11 is 11.9. The van der Waals surface area contributed by atoms with Gasteiger partial charge in [-0.1, -0.05) is 42.3 Å². The lowest BCUT2D eigenvalue weighted by atomic mass is 10.2. The minimum Gasteiger partial charge on any atom is -0.463 e. The first-order valence-electron chi connectivity index (χ1n) is 8.65. The number of aromatic nitrogens is 1. The Kier molecular flexibility index (Phi) is 7.90. The molecule has 0 aliphatic rings. The molecule has 7 nitrogen and oxygen atoms in total. The number of nitrogens with one attached hydrogen (secondary N) is 2. The molecule has 1 aromatic heterocycles. The lowest BCUT2D eigenvalue weighted by Crippen LogP contribution is -2.38. The van der Waals surface area contributed by atoms with Crippen LogP contribution >= 0.6 is 23.2 Å². The predicted molar refractivity (Wildman–Crippen MR) is 110 cm³/mol. The van der Waals surface area contributed by atoms with Gasteiger partial charge >= 0.3 is 6.03 Å². The first-order chi connectivity index (χ1) is 13.3. The molecule has 2 N–H and O–H groups in total. The number of carbonyl (C=O) groups excluding carboxylic acids is 2. The highest BCUT2D eigenvalue weighted by Gasteiger charge is 2.20. The van der Waals surface area contributed by atoms with E-state index in [1.807, 2.05) is 31.2 Å². The smallest absolute Gasteiger partial charge is 0.321 e. The number of benzene rings is 1. The van der Waals surface area contributed by atoms with Gasteiger partial charge in [-0.3, -0.25) is 9.69 Å². The second-order valence-electron chi connectivity index (χ2n) is 5.96. The van der Waals surface area contributed by atoms with Crippen molar-refractivity contribution < 1.29 is 14.3 Å². The third-order valence-electron chi connectivity index (χ3n) is 3.97. The molecule has 1 heterocycles. The van der Waals surface area contributed by atoms with Gasteiger partial charge in [0.1, 0.15) is 5.02 Å². The molecule has 0 bridgehead atoms. The summed E-state index contributed by atoms with van der Waals surface area (Å²) in [7, 11) is 3.23. The summed E-state index contributed by atoms with van der Waals surface area (Å²) in [6.45, 7) is 2.11. The second kappa shape index (κ2) is 10.1. The number of halogens is 2. The first kappa shape index (κ1) is 21.8. The van der Waals surface area contributed by atoms with Crippen LogP contribution in [0.15, 0.2) is 36.5 Å². The van der Waals surface area contributed by atoms with Crippen LogP contribution in [0.25, 0.3) is 0 Å². The van der Waals surface area contributed by atoms with Crippen LogP contribution in [0.2, 0.25) is 10.0 Å². The Hall–Kier alpha value is -2.51. The SMILES string of the molecule is CCC(Oc1ncc(Cl)cc1Cl)C(=O)NCc1cccc(N(C)C(=O)NC)c1. The van der Waals surface area contributed by atoms with Gasteiger partial charge in [-0.25, -0.2) is 9.78 Å². The van der Waals surface area contributed by atoms with Gasteiger partial charge in [0, 0.05) is 32.5 Å². The molecule has 2 aromatic rings. The maximum atomic E-state index is 12.5. The number of carbonyl (C=O) groups is 2. The van der Waals surface area contributed by atoms with E-state index in [0.717, 1.165) is 5.56 Å². The van der Waals surface area contributed by atoms with Crippen molar-refractivity contribution in [1.29, 1.82) is 0 Å². The molecular formula is C19H22Cl2N4O3. The van der Waals surface area contributed by atoms with E-state index in [4.69, 9.17) is 27.9 Å². The van der Waals surface area contributed by atoms with E-state index in [1.165, 1.54) is 17.2 Å². The zero-order valence-corrected chi connectivity index (χ0v) is 17.3. The zero-order chi connectivity index (χ0) is 20.7. The highest BCUT2D eigenvalue weighted by Crippen LogP contribution is 2.26. The summed E-state index contributed by atoms with van der Waals surface area (Å²) < 4.78 is 5.63. The third-order valence-corrected chi connectivity index (χ3v) is 4.45. The van der Waals surface area contributed by atoms with Crippen LogP contribution in [-0.4, -0.2) is 37.1 Å². The van der Waals surface area contributed by atoms with Crippen molar-refractivity contribution in [2.45, 2.75) is 26.0 Å². The van der Waals surface area contributed by atoms with E-state index in [2.05, 4.69) is 15.6 Å². The van der Waals surface area contributed by atoms with E-state index in [9.17, 15) is 9.59 Å². The van der Waals surface area contributed by atoms with E-state index in [-0.39, 0.29) is 29.4 Å². The lowest BCUT2D eigenvalue weighted by molar-refractivity contribution is -0.128. The summed E-state index contributed by atoms with van der Waals surface area (Å²) in [5.41, 5.74) is 1.56. The molecule has 150 valence electrons. The van der Waals surface area contributed by atoms with Crippen molar-refractivity contribution >= 4 is 40.8 Å². The van der Waals surface area contributed by atoms with Crippen LogP contribution in [0.1, 0.15) is 18.9 Å². The van der Waals surface area contributed by atoms with Gasteiger partial charge in [-0.15, -0.1) is 0 Å². The quantitative estimate of drug-likeness (QED) is 0.710. The Balaban J connectivity index is 2.00. The van der Waals surface area contributed by atoms with Crippen LogP contribution in [0.3, 0.4) is 0 Å². The fourth-order valence-electron chi connectivity index (χ4n) is 2.41. The number of pyridine rings is 1. The monoisotopic (exact) mass is 424 g/mol. The Labute approximate surface area is 174 Å². The summed E-state index contributed by atoms with van der Waals surface area (Å²) in [5, 5.41) is 6.02. The molecule has 0 fully saturated rings. The Morgan fingerprint density at radius 1 is 1.29 bits per heavy atom. The van der Waals surface area contributed by atoms with Crippen molar-refractivity contribution in [3.8, 4) is 5.88 Å². The van der Waals surface area contributed by atoms with E-state index in [1.54, 1.807) is 14.1 Å². The van der Waals surface area contributed by atoms with E-state index < -0.39 is 6.10 Å². The topological polar surface area (TPSA) is 83.6 Å². The Morgan fingerprint density at radius 2 is 2.04 bits per heavy atom. The van der Waals surface area contributed by atoms with Crippen LogP contribution in [0.5, 0.6) is 5.88 Å². The third kappa shape index (κ3) is 5.74. The average Bonchev–Trinajstić information content (AvgIpc) is 2.70. The molecule has 2 rings (SSSR count). The normalized spacial score (nSPS) is 11.5. The zero-order valence-electron chi connectivity index (χ0n) is 15.8. The van der Waals surface area contributed by atoms with Gasteiger partial charge in [0.2, 0.25) is 5.88 Å². The minimum absolute atomic E-state index is 0.155. The summed E-state index contributed by atoms with van der Waals surface area (Å²) in [6.07, 6.45) is 1.09. The summed E-state index contributed by atoms with van der Waals surface area (Å²) in [5.74, 6) is -0.136.